The second-order valence-electron chi connectivity index (χ2n) is 6.22. The van der Waals surface area contributed by atoms with E-state index in [0.717, 1.165) is 5.56 Å². The van der Waals surface area contributed by atoms with E-state index in [1.807, 2.05) is 0 Å². The number of hydrogen-bond acceptors (Lipinski definition) is 5. The summed E-state index contributed by atoms with van der Waals surface area (Å²) in [4.78, 5) is 34.6. The van der Waals surface area contributed by atoms with E-state index in [9.17, 15) is 19.7 Å². The lowest BCUT2D eigenvalue weighted by Crippen LogP contribution is -2.45. The molecule has 0 spiro atoms. The number of nitro benzene ring substituents is 1. The predicted octanol–water partition coefficient (Wildman–Crippen LogP) is 3.84. The summed E-state index contributed by atoms with van der Waals surface area (Å²) in [5.74, 6) is -1.17. The van der Waals surface area contributed by atoms with Crippen LogP contribution in [0.3, 0.4) is 0 Å². The molecule has 142 valence electrons. The normalized spacial score (nSPS) is 11.7. The molecule has 0 bridgehead atoms. The third-order valence-corrected chi connectivity index (χ3v) is 4.35. The summed E-state index contributed by atoms with van der Waals surface area (Å²) in [6, 6.07) is 10.0. The summed E-state index contributed by atoms with van der Waals surface area (Å²) in [5.41, 5.74) is 1.64. The average Bonchev–Trinajstić information content (AvgIpc) is 2.65. The third-order valence-electron chi connectivity index (χ3n) is 4.03. The number of benzene rings is 2. The molecule has 0 radical (unpaired) electrons. The molecule has 7 nitrogen and oxygen atoms in total. The van der Waals surface area contributed by atoms with E-state index in [-0.39, 0.29) is 22.2 Å². The monoisotopic (exact) mass is 390 g/mol. The van der Waals surface area contributed by atoms with E-state index < -0.39 is 22.8 Å². The summed E-state index contributed by atoms with van der Waals surface area (Å²) in [6.45, 7) is 3.59. The number of rotatable bonds is 6. The quantitative estimate of drug-likeness (QED) is 0.459. The summed E-state index contributed by atoms with van der Waals surface area (Å²) < 4.78 is 4.71. The van der Waals surface area contributed by atoms with Gasteiger partial charge in [0.1, 0.15) is 6.04 Å². The first kappa shape index (κ1) is 20.4. The van der Waals surface area contributed by atoms with Crippen molar-refractivity contribution in [2.24, 2.45) is 5.92 Å². The minimum Gasteiger partial charge on any atom is -0.467 e. The Morgan fingerprint density at radius 3 is 2.19 bits per heavy atom. The molecule has 0 saturated heterocycles. The van der Waals surface area contributed by atoms with Crippen LogP contribution in [0.4, 0.5) is 5.69 Å². The molecule has 2 aromatic carbocycles. The molecule has 0 heterocycles. The van der Waals surface area contributed by atoms with E-state index in [0.29, 0.717) is 5.56 Å². The number of methoxy groups -OCH3 is 1. The van der Waals surface area contributed by atoms with Crippen LogP contribution in [0.15, 0.2) is 42.5 Å². The zero-order chi connectivity index (χ0) is 20.1. The van der Waals surface area contributed by atoms with Gasteiger partial charge in [0, 0.05) is 12.1 Å². The smallest absolute Gasteiger partial charge is 0.328 e. The second-order valence-corrected chi connectivity index (χ2v) is 6.62. The van der Waals surface area contributed by atoms with Gasteiger partial charge >= 0.3 is 5.97 Å². The maximum Gasteiger partial charge on any atom is 0.328 e. The largest absolute Gasteiger partial charge is 0.467 e. The first-order chi connectivity index (χ1) is 12.7. The van der Waals surface area contributed by atoms with Crippen LogP contribution in [0.2, 0.25) is 5.02 Å². The maximum atomic E-state index is 12.5. The zero-order valence-electron chi connectivity index (χ0n) is 15.1. The first-order valence-electron chi connectivity index (χ1n) is 8.17. The van der Waals surface area contributed by atoms with Crippen molar-refractivity contribution in [1.82, 2.24) is 5.32 Å². The molecular formula is C19H19ClN2O5. The van der Waals surface area contributed by atoms with Crippen LogP contribution in [0.25, 0.3) is 11.1 Å². The molecule has 1 N–H and O–H groups in total. The van der Waals surface area contributed by atoms with Crippen LogP contribution in [-0.2, 0) is 9.53 Å². The van der Waals surface area contributed by atoms with Gasteiger partial charge < -0.3 is 10.1 Å². The molecule has 0 aliphatic carbocycles. The maximum absolute atomic E-state index is 12.5. The van der Waals surface area contributed by atoms with Gasteiger partial charge in [-0.15, -0.1) is 0 Å². The van der Waals surface area contributed by atoms with Crippen molar-refractivity contribution in [2.75, 3.05) is 7.11 Å². The van der Waals surface area contributed by atoms with E-state index in [4.69, 9.17) is 16.3 Å². The Kier molecular flexibility index (Phi) is 6.52. The van der Waals surface area contributed by atoms with Gasteiger partial charge in [-0.05, 0) is 41.3 Å². The number of carbonyl (C=O) groups is 2. The van der Waals surface area contributed by atoms with Crippen LogP contribution in [0.5, 0.6) is 0 Å². The van der Waals surface area contributed by atoms with Crippen LogP contribution in [-0.4, -0.2) is 30.0 Å². The Bertz CT molecular complexity index is 865. The fraction of sp³-hybridized carbons (Fsp3) is 0.263. The van der Waals surface area contributed by atoms with Crippen LogP contribution in [0.1, 0.15) is 24.2 Å². The van der Waals surface area contributed by atoms with Crippen LogP contribution in [0, 0.1) is 16.0 Å². The van der Waals surface area contributed by atoms with Crippen LogP contribution < -0.4 is 5.32 Å². The number of carbonyl (C=O) groups excluding carboxylic acids is 2. The first-order valence-corrected chi connectivity index (χ1v) is 8.55. The zero-order valence-corrected chi connectivity index (χ0v) is 15.8. The summed E-state index contributed by atoms with van der Waals surface area (Å²) in [5, 5.41) is 13.6. The summed E-state index contributed by atoms with van der Waals surface area (Å²) in [7, 11) is 1.26. The third kappa shape index (κ3) is 4.83. The van der Waals surface area contributed by atoms with E-state index in [1.54, 1.807) is 44.2 Å². The number of nitrogens with one attached hydrogen (secondary N) is 1. The number of hydrogen-bond donors (Lipinski definition) is 1. The predicted molar refractivity (Wildman–Crippen MR) is 102 cm³/mol. The Morgan fingerprint density at radius 2 is 1.70 bits per heavy atom. The second kappa shape index (κ2) is 8.64. The molecule has 2 rings (SSSR count). The van der Waals surface area contributed by atoms with Gasteiger partial charge in [-0.3, -0.25) is 14.9 Å². The molecule has 0 aliphatic heterocycles. The van der Waals surface area contributed by atoms with E-state index in [1.165, 1.54) is 19.2 Å². The molecule has 8 heteroatoms. The fourth-order valence-electron chi connectivity index (χ4n) is 2.50. The number of halogens is 1. The Morgan fingerprint density at radius 1 is 1.11 bits per heavy atom. The number of esters is 1. The lowest BCUT2D eigenvalue weighted by Gasteiger charge is -2.20. The van der Waals surface area contributed by atoms with Crippen molar-refractivity contribution < 1.29 is 19.2 Å². The standard InChI is InChI=1S/C19H19ClN2O5/c1-11(2)17(19(24)27-3)21-18(23)15-9-6-13(10-16(15)20)12-4-7-14(8-5-12)22(25)26/h4-11,17H,1-3H3,(H,21,23)/t17-/m0/s1. The Hall–Kier alpha value is -2.93. The lowest BCUT2D eigenvalue weighted by atomic mass is 10.0. The van der Waals surface area contributed by atoms with Gasteiger partial charge in [-0.25, -0.2) is 4.79 Å². The van der Waals surface area contributed by atoms with Crippen molar-refractivity contribution in [2.45, 2.75) is 19.9 Å². The SMILES string of the molecule is COC(=O)[C@@H](NC(=O)c1ccc(-c2ccc([N+](=O)[O-])cc2)cc1Cl)C(C)C. The number of ether oxygens (including phenoxy) is 1. The molecule has 1 amide bonds. The van der Waals surface area contributed by atoms with Crippen molar-refractivity contribution >= 4 is 29.2 Å². The van der Waals surface area contributed by atoms with Crippen molar-refractivity contribution in [3.63, 3.8) is 0 Å². The van der Waals surface area contributed by atoms with Crippen molar-refractivity contribution in [1.29, 1.82) is 0 Å². The molecule has 2 aromatic rings. The minimum absolute atomic E-state index is 0.0108. The Balaban J connectivity index is 2.24. The molecule has 0 unspecified atom stereocenters. The average molecular weight is 391 g/mol. The van der Waals surface area contributed by atoms with Gasteiger partial charge in [0.05, 0.1) is 22.6 Å². The van der Waals surface area contributed by atoms with Crippen LogP contribution >= 0.6 is 11.6 Å². The molecule has 27 heavy (non-hydrogen) atoms. The summed E-state index contributed by atoms with van der Waals surface area (Å²) in [6.07, 6.45) is 0. The molecule has 0 saturated carbocycles. The highest BCUT2D eigenvalue weighted by Gasteiger charge is 2.26. The molecular weight excluding hydrogens is 372 g/mol. The number of nitrogens with zero attached hydrogens (tertiary/aromatic N) is 1. The van der Waals surface area contributed by atoms with Gasteiger partial charge in [0.25, 0.3) is 11.6 Å². The van der Waals surface area contributed by atoms with Crippen molar-refractivity contribution in [3.8, 4) is 11.1 Å². The number of non-ortho nitro benzene ring substituents is 1. The van der Waals surface area contributed by atoms with E-state index in [2.05, 4.69) is 5.32 Å². The van der Waals surface area contributed by atoms with Crippen molar-refractivity contribution in [3.05, 3.63) is 63.2 Å². The van der Waals surface area contributed by atoms with Gasteiger partial charge in [0.15, 0.2) is 0 Å². The minimum atomic E-state index is -0.784. The highest BCUT2D eigenvalue weighted by atomic mass is 35.5. The lowest BCUT2D eigenvalue weighted by molar-refractivity contribution is -0.384. The molecule has 1 atom stereocenters. The molecule has 0 fully saturated rings. The topological polar surface area (TPSA) is 98.5 Å². The van der Waals surface area contributed by atoms with Gasteiger partial charge in [-0.2, -0.15) is 0 Å². The van der Waals surface area contributed by atoms with Gasteiger partial charge in [0.2, 0.25) is 0 Å². The fourth-order valence-corrected chi connectivity index (χ4v) is 2.76. The molecule has 0 aliphatic rings. The summed E-state index contributed by atoms with van der Waals surface area (Å²) >= 11 is 6.25. The Labute approximate surface area is 161 Å². The number of nitro groups is 1. The highest BCUT2D eigenvalue weighted by Crippen LogP contribution is 2.27. The molecule has 0 aromatic heterocycles. The van der Waals surface area contributed by atoms with E-state index >= 15 is 0 Å². The number of amides is 1. The van der Waals surface area contributed by atoms with Gasteiger partial charge in [-0.1, -0.05) is 31.5 Å². The highest BCUT2D eigenvalue weighted by molar-refractivity contribution is 6.34.